The van der Waals surface area contributed by atoms with Gasteiger partial charge in [-0.25, -0.2) is 0 Å². The maximum Gasteiger partial charge on any atom is 0.0346 e. The highest BCUT2D eigenvalue weighted by atomic mass is 14.8. The maximum absolute atomic E-state index is 4.20. The predicted octanol–water partition coefficient (Wildman–Crippen LogP) is 4.05. The smallest absolute Gasteiger partial charge is 0.0346 e. The highest BCUT2D eigenvalue weighted by Crippen LogP contribution is 2.28. The minimum Gasteiger partial charge on any atom is -0.317 e. The molecule has 1 heterocycles. The number of hydrogen-bond donors (Lipinski definition) is 1. The van der Waals surface area contributed by atoms with Crippen molar-refractivity contribution >= 4 is 10.8 Å². The van der Waals surface area contributed by atoms with E-state index in [1.165, 1.54) is 27.5 Å². The number of nitrogens with zero attached hydrogens (tertiary/aromatic N) is 1. The highest BCUT2D eigenvalue weighted by Gasteiger charge is 2.05. The Morgan fingerprint density at radius 3 is 2.62 bits per heavy atom. The zero-order valence-corrected chi connectivity index (χ0v) is 12.5. The summed E-state index contributed by atoms with van der Waals surface area (Å²) in [6.07, 6.45) is 4.83. The van der Waals surface area contributed by atoms with Crippen LogP contribution in [0.25, 0.3) is 21.9 Å². The molecule has 0 fully saturated rings. The summed E-state index contributed by atoms with van der Waals surface area (Å²) in [6.45, 7) is 2.20. The van der Waals surface area contributed by atoms with Gasteiger partial charge in [0.1, 0.15) is 0 Å². The minimum absolute atomic E-state index is 0.500. The molecule has 0 saturated carbocycles. The molecule has 0 aliphatic carbocycles. The second-order valence-corrected chi connectivity index (χ2v) is 5.49. The molecule has 3 aromatic rings. The van der Waals surface area contributed by atoms with Gasteiger partial charge in [-0.3, -0.25) is 4.98 Å². The van der Waals surface area contributed by atoms with Crippen LogP contribution in [0.15, 0.2) is 60.9 Å². The van der Waals surface area contributed by atoms with Gasteiger partial charge in [0, 0.05) is 23.8 Å². The number of nitrogens with one attached hydrogen (secondary N) is 1. The average Bonchev–Trinajstić information content (AvgIpc) is 2.55. The second-order valence-electron chi connectivity index (χ2n) is 5.49. The molecule has 0 radical (unpaired) electrons. The van der Waals surface area contributed by atoms with Gasteiger partial charge in [0.2, 0.25) is 0 Å². The van der Waals surface area contributed by atoms with Crippen molar-refractivity contribution < 1.29 is 0 Å². The van der Waals surface area contributed by atoms with Crippen molar-refractivity contribution in [2.75, 3.05) is 7.05 Å². The van der Waals surface area contributed by atoms with Crippen LogP contribution in [0.1, 0.15) is 12.5 Å². The zero-order chi connectivity index (χ0) is 14.7. The van der Waals surface area contributed by atoms with E-state index in [0.29, 0.717) is 6.04 Å². The Morgan fingerprint density at radius 2 is 1.86 bits per heavy atom. The molecule has 2 heteroatoms. The lowest BCUT2D eigenvalue weighted by Crippen LogP contribution is -2.23. The molecule has 21 heavy (non-hydrogen) atoms. The molecule has 1 unspecified atom stereocenters. The molecule has 0 aliphatic rings. The topological polar surface area (TPSA) is 24.9 Å². The summed E-state index contributed by atoms with van der Waals surface area (Å²) < 4.78 is 0. The molecular weight excluding hydrogens is 256 g/mol. The van der Waals surface area contributed by atoms with Crippen molar-refractivity contribution in [3.8, 4) is 11.1 Å². The molecule has 1 N–H and O–H groups in total. The normalized spacial score (nSPS) is 12.5. The largest absolute Gasteiger partial charge is 0.317 e. The van der Waals surface area contributed by atoms with Gasteiger partial charge in [-0.05, 0) is 48.5 Å². The Labute approximate surface area is 125 Å². The third kappa shape index (κ3) is 2.96. The molecule has 0 amide bonds. The van der Waals surface area contributed by atoms with Crippen LogP contribution in [0.4, 0.5) is 0 Å². The lowest BCUT2D eigenvalue weighted by Gasteiger charge is -2.11. The van der Waals surface area contributed by atoms with E-state index in [0.717, 1.165) is 6.42 Å². The summed E-state index contributed by atoms with van der Waals surface area (Å²) in [5.41, 5.74) is 3.89. The van der Waals surface area contributed by atoms with Crippen molar-refractivity contribution in [1.82, 2.24) is 10.3 Å². The number of aromatic nitrogens is 1. The molecule has 0 bridgehead atoms. The lowest BCUT2D eigenvalue weighted by molar-refractivity contribution is 0.608. The molecule has 2 aromatic carbocycles. The summed E-state index contributed by atoms with van der Waals surface area (Å²) in [7, 11) is 2.00. The van der Waals surface area contributed by atoms with Gasteiger partial charge < -0.3 is 5.32 Å². The monoisotopic (exact) mass is 276 g/mol. The molecule has 0 saturated heterocycles. The lowest BCUT2D eigenvalue weighted by atomic mass is 9.97. The van der Waals surface area contributed by atoms with Gasteiger partial charge in [0.25, 0.3) is 0 Å². The highest BCUT2D eigenvalue weighted by molar-refractivity contribution is 5.96. The van der Waals surface area contributed by atoms with Gasteiger partial charge in [-0.2, -0.15) is 0 Å². The molecule has 2 nitrogen and oxygen atoms in total. The van der Waals surface area contributed by atoms with E-state index in [9.17, 15) is 0 Å². The first-order valence-electron chi connectivity index (χ1n) is 7.37. The number of likely N-dealkylation sites (N-methyl/N-ethyl adjacent to an activating group) is 1. The Morgan fingerprint density at radius 1 is 1.05 bits per heavy atom. The van der Waals surface area contributed by atoms with E-state index in [1.54, 1.807) is 0 Å². The van der Waals surface area contributed by atoms with Crippen LogP contribution in [0, 0.1) is 0 Å². The average molecular weight is 276 g/mol. The van der Waals surface area contributed by atoms with E-state index in [4.69, 9.17) is 0 Å². The Balaban J connectivity index is 1.96. The fraction of sp³-hybridized carbons (Fsp3) is 0.211. The number of pyridine rings is 1. The minimum atomic E-state index is 0.500. The van der Waals surface area contributed by atoms with Crippen molar-refractivity contribution in [1.29, 1.82) is 0 Å². The standard InChI is InChI=1S/C19H20N2/c1-14(20-2)12-15-6-8-16(9-7-15)18-5-3-4-17-13-21-11-10-19(17)18/h3-11,13-14,20H,12H2,1-2H3. The van der Waals surface area contributed by atoms with E-state index in [2.05, 4.69) is 65.8 Å². The maximum atomic E-state index is 4.20. The fourth-order valence-electron chi connectivity index (χ4n) is 2.65. The van der Waals surface area contributed by atoms with Gasteiger partial charge in [-0.1, -0.05) is 42.5 Å². The van der Waals surface area contributed by atoms with E-state index in [1.807, 2.05) is 19.4 Å². The van der Waals surface area contributed by atoms with Crippen molar-refractivity contribution in [2.45, 2.75) is 19.4 Å². The summed E-state index contributed by atoms with van der Waals surface area (Å²) in [5.74, 6) is 0. The van der Waals surface area contributed by atoms with Crippen LogP contribution in [0.5, 0.6) is 0 Å². The quantitative estimate of drug-likeness (QED) is 0.777. The Kier molecular flexibility index (Phi) is 3.98. The molecule has 0 aliphatic heterocycles. The predicted molar refractivity (Wildman–Crippen MR) is 89.4 cm³/mol. The Hall–Kier alpha value is -2.19. The fourth-order valence-corrected chi connectivity index (χ4v) is 2.65. The molecular formula is C19H20N2. The molecule has 3 rings (SSSR count). The third-order valence-corrected chi connectivity index (χ3v) is 3.98. The Bertz CT molecular complexity index is 727. The van der Waals surface area contributed by atoms with Crippen LogP contribution in [-0.4, -0.2) is 18.1 Å². The molecule has 106 valence electrons. The van der Waals surface area contributed by atoms with E-state index >= 15 is 0 Å². The first-order valence-corrected chi connectivity index (χ1v) is 7.37. The van der Waals surface area contributed by atoms with Crippen LogP contribution < -0.4 is 5.32 Å². The van der Waals surface area contributed by atoms with Gasteiger partial charge in [-0.15, -0.1) is 0 Å². The summed E-state index contributed by atoms with van der Waals surface area (Å²) in [6, 6.07) is 17.8. The van der Waals surface area contributed by atoms with E-state index in [-0.39, 0.29) is 0 Å². The third-order valence-electron chi connectivity index (χ3n) is 3.98. The molecule has 1 atom stereocenters. The summed E-state index contributed by atoms with van der Waals surface area (Å²) >= 11 is 0. The van der Waals surface area contributed by atoms with Crippen molar-refractivity contribution in [3.05, 3.63) is 66.5 Å². The van der Waals surface area contributed by atoms with Gasteiger partial charge >= 0.3 is 0 Å². The van der Waals surface area contributed by atoms with Crippen LogP contribution in [-0.2, 0) is 6.42 Å². The number of benzene rings is 2. The van der Waals surface area contributed by atoms with Gasteiger partial charge in [0.15, 0.2) is 0 Å². The number of rotatable bonds is 4. The van der Waals surface area contributed by atoms with E-state index < -0.39 is 0 Å². The van der Waals surface area contributed by atoms with Gasteiger partial charge in [0.05, 0.1) is 0 Å². The molecule has 0 spiro atoms. The van der Waals surface area contributed by atoms with Crippen LogP contribution in [0.2, 0.25) is 0 Å². The van der Waals surface area contributed by atoms with Crippen molar-refractivity contribution in [3.63, 3.8) is 0 Å². The van der Waals surface area contributed by atoms with Crippen LogP contribution >= 0.6 is 0 Å². The zero-order valence-electron chi connectivity index (χ0n) is 12.5. The van der Waals surface area contributed by atoms with Crippen molar-refractivity contribution in [2.24, 2.45) is 0 Å². The number of fused-ring (bicyclic) bond motifs is 1. The first-order chi connectivity index (χ1) is 10.3. The second kappa shape index (κ2) is 6.06. The SMILES string of the molecule is CNC(C)Cc1ccc(-c2cccc3cnccc23)cc1. The van der Waals surface area contributed by atoms with Crippen LogP contribution in [0.3, 0.4) is 0 Å². The summed E-state index contributed by atoms with van der Waals surface area (Å²) in [4.78, 5) is 4.20. The first kappa shape index (κ1) is 13.8. The number of hydrogen-bond acceptors (Lipinski definition) is 2. The summed E-state index contributed by atoms with van der Waals surface area (Å²) in [5, 5.41) is 5.71. The molecule has 1 aromatic heterocycles.